The van der Waals surface area contributed by atoms with Crippen LogP contribution in [0.3, 0.4) is 0 Å². The largest absolute Gasteiger partial charge is 0.364 e. The van der Waals surface area contributed by atoms with Crippen LogP contribution in [0.2, 0.25) is 0 Å². The van der Waals surface area contributed by atoms with Crippen molar-refractivity contribution in [2.24, 2.45) is 0 Å². The maximum absolute atomic E-state index is 12.3. The number of amides is 1. The molecule has 0 aromatic carbocycles. The Morgan fingerprint density at radius 1 is 1.17 bits per heavy atom. The van der Waals surface area contributed by atoms with E-state index in [2.05, 4.69) is 40.8 Å². The lowest BCUT2D eigenvalue weighted by molar-refractivity contribution is -0.118. The first kappa shape index (κ1) is 23.0. The number of nitrogens with one attached hydrogen (secondary N) is 4. The van der Waals surface area contributed by atoms with Crippen molar-refractivity contribution in [1.29, 1.82) is 0 Å². The van der Waals surface area contributed by atoms with E-state index in [9.17, 15) is 4.79 Å². The van der Waals surface area contributed by atoms with Crippen LogP contribution in [-0.2, 0) is 11.3 Å². The van der Waals surface area contributed by atoms with Crippen molar-refractivity contribution in [3.05, 3.63) is 35.7 Å². The van der Waals surface area contributed by atoms with E-state index >= 15 is 0 Å². The standard InChI is InChI=1S/C17H28N4O.2ClH/c1-16(2)11-14(17(3,4)21-16)15(22)20-10-6-8-18-12-13-7-5-9-19-13;;/h5,7,9,11,18-19,21H,6,8,10,12H2,1-4H3,(H,20,22);2*1H. The predicted molar refractivity (Wildman–Crippen MR) is 104 cm³/mol. The SMILES string of the molecule is CC1(C)C=C(C(=O)NCCCNCc2ccc[nH]2)C(C)(C)N1.Cl.Cl. The number of hydrogen-bond acceptors (Lipinski definition) is 3. The van der Waals surface area contributed by atoms with E-state index in [1.165, 1.54) is 5.69 Å². The molecule has 5 nitrogen and oxygen atoms in total. The minimum Gasteiger partial charge on any atom is -0.364 e. The molecule has 0 radical (unpaired) electrons. The normalized spacial score (nSPS) is 17.4. The molecular weight excluding hydrogens is 347 g/mol. The van der Waals surface area contributed by atoms with Gasteiger partial charge in [0.2, 0.25) is 5.91 Å². The molecule has 0 bridgehead atoms. The molecule has 7 heteroatoms. The Morgan fingerprint density at radius 3 is 2.42 bits per heavy atom. The van der Waals surface area contributed by atoms with E-state index in [4.69, 9.17) is 0 Å². The molecule has 138 valence electrons. The minimum absolute atomic E-state index is 0. The summed E-state index contributed by atoms with van der Waals surface area (Å²) in [7, 11) is 0. The van der Waals surface area contributed by atoms with Crippen LogP contribution in [0, 0.1) is 0 Å². The van der Waals surface area contributed by atoms with Gasteiger partial charge in [-0.2, -0.15) is 0 Å². The molecule has 1 aromatic heterocycles. The number of aromatic amines is 1. The summed E-state index contributed by atoms with van der Waals surface area (Å²) < 4.78 is 0. The maximum atomic E-state index is 12.3. The molecule has 0 aliphatic carbocycles. The van der Waals surface area contributed by atoms with Gasteiger partial charge in [-0.25, -0.2) is 0 Å². The molecule has 0 saturated carbocycles. The summed E-state index contributed by atoms with van der Waals surface area (Å²) in [5, 5.41) is 9.83. The molecule has 1 aliphatic heterocycles. The van der Waals surface area contributed by atoms with E-state index in [0.717, 1.165) is 25.1 Å². The first-order chi connectivity index (χ1) is 10.3. The summed E-state index contributed by atoms with van der Waals surface area (Å²) >= 11 is 0. The van der Waals surface area contributed by atoms with Gasteiger partial charge in [0.25, 0.3) is 0 Å². The minimum atomic E-state index is -0.278. The highest BCUT2D eigenvalue weighted by Crippen LogP contribution is 2.29. The van der Waals surface area contributed by atoms with Crippen molar-refractivity contribution in [2.45, 2.75) is 51.7 Å². The van der Waals surface area contributed by atoms with Crippen LogP contribution in [0.4, 0.5) is 0 Å². The van der Waals surface area contributed by atoms with Crippen LogP contribution in [0.25, 0.3) is 0 Å². The lowest BCUT2D eigenvalue weighted by Gasteiger charge is -2.27. The van der Waals surface area contributed by atoms with Crippen molar-refractivity contribution in [3.8, 4) is 0 Å². The number of halogens is 2. The fraction of sp³-hybridized carbons (Fsp3) is 0.588. The Labute approximate surface area is 157 Å². The lowest BCUT2D eigenvalue weighted by Crippen LogP contribution is -2.47. The molecular formula is C17H30Cl2N4O. The van der Waals surface area contributed by atoms with Gasteiger partial charge in [0, 0.05) is 41.6 Å². The summed E-state index contributed by atoms with van der Waals surface area (Å²) in [5.41, 5.74) is 1.60. The molecule has 0 unspecified atom stereocenters. The van der Waals surface area contributed by atoms with Crippen LogP contribution in [0.1, 0.15) is 39.8 Å². The van der Waals surface area contributed by atoms with E-state index in [1.807, 2.05) is 32.2 Å². The molecule has 24 heavy (non-hydrogen) atoms. The van der Waals surface area contributed by atoms with E-state index in [-0.39, 0.29) is 41.8 Å². The number of rotatable bonds is 7. The Morgan fingerprint density at radius 2 is 1.88 bits per heavy atom. The highest BCUT2D eigenvalue weighted by atomic mass is 35.5. The number of H-pyrrole nitrogens is 1. The third-order valence-electron chi connectivity index (χ3n) is 3.85. The number of carbonyl (C=O) groups is 1. The molecule has 1 amide bonds. The quantitative estimate of drug-likeness (QED) is 0.552. The third kappa shape index (κ3) is 6.48. The summed E-state index contributed by atoms with van der Waals surface area (Å²) in [5.74, 6) is 0.0347. The average molecular weight is 377 g/mol. The van der Waals surface area contributed by atoms with Gasteiger partial charge < -0.3 is 15.6 Å². The fourth-order valence-corrected chi connectivity index (χ4v) is 3.01. The Hall–Kier alpha value is -1.01. The third-order valence-corrected chi connectivity index (χ3v) is 3.85. The van der Waals surface area contributed by atoms with Crippen molar-refractivity contribution in [3.63, 3.8) is 0 Å². The van der Waals surface area contributed by atoms with Gasteiger partial charge in [-0.3, -0.25) is 10.1 Å². The van der Waals surface area contributed by atoms with Gasteiger partial charge in [0.15, 0.2) is 0 Å². The summed E-state index contributed by atoms with van der Waals surface area (Å²) in [6.07, 6.45) is 4.87. The molecule has 2 heterocycles. The molecule has 0 spiro atoms. The zero-order valence-corrected chi connectivity index (χ0v) is 16.5. The van der Waals surface area contributed by atoms with E-state index in [1.54, 1.807) is 0 Å². The smallest absolute Gasteiger partial charge is 0.248 e. The molecule has 0 saturated heterocycles. The second kappa shape index (κ2) is 9.47. The van der Waals surface area contributed by atoms with Crippen LogP contribution in [0.5, 0.6) is 0 Å². The van der Waals surface area contributed by atoms with Crippen molar-refractivity contribution >= 4 is 30.7 Å². The van der Waals surface area contributed by atoms with Crippen LogP contribution in [-0.4, -0.2) is 35.1 Å². The summed E-state index contributed by atoms with van der Waals surface area (Å²) in [6, 6.07) is 4.04. The zero-order chi connectivity index (χ0) is 16.2. The van der Waals surface area contributed by atoms with Gasteiger partial charge in [0.05, 0.1) is 0 Å². The monoisotopic (exact) mass is 376 g/mol. The summed E-state index contributed by atoms with van der Waals surface area (Å²) in [6.45, 7) is 10.7. The molecule has 0 fully saturated rings. The molecule has 1 aromatic rings. The second-order valence-corrected chi connectivity index (χ2v) is 7.01. The fourth-order valence-electron chi connectivity index (χ4n) is 3.01. The molecule has 4 N–H and O–H groups in total. The van der Waals surface area contributed by atoms with Gasteiger partial charge in [-0.1, -0.05) is 6.08 Å². The predicted octanol–water partition coefficient (Wildman–Crippen LogP) is 2.54. The first-order valence-corrected chi connectivity index (χ1v) is 7.94. The van der Waals surface area contributed by atoms with E-state index < -0.39 is 0 Å². The van der Waals surface area contributed by atoms with Gasteiger partial charge in [-0.05, 0) is 52.8 Å². The Bertz CT molecular complexity index is 539. The maximum Gasteiger partial charge on any atom is 0.248 e. The van der Waals surface area contributed by atoms with Crippen LogP contribution < -0.4 is 16.0 Å². The Kier molecular flexibility index (Phi) is 9.07. The van der Waals surface area contributed by atoms with Crippen LogP contribution in [0.15, 0.2) is 30.0 Å². The first-order valence-electron chi connectivity index (χ1n) is 7.94. The zero-order valence-electron chi connectivity index (χ0n) is 14.9. The van der Waals surface area contributed by atoms with Gasteiger partial charge in [0.1, 0.15) is 0 Å². The highest BCUT2D eigenvalue weighted by Gasteiger charge is 2.39. The second-order valence-electron chi connectivity index (χ2n) is 7.01. The molecule has 1 aliphatic rings. The number of aromatic nitrogens is 1. The van der Waals surface area contributed by atoms with Crippen molar-refractivity contribution in [2.75, 3.05) is 13.1 Å². The van der Waals surface area contributed by atoms with Crippen LogP contribution >= 0.6 is 24.8 Å². The van der Waals surface area contributed by atoms with E-state index in [0.29, 0.717) is 6.54 Å². The number of hydrogen-bond donors (Lipinski definition) is 4. The lowest BCUT2D eigenvalue weighted by atomic mass is 9.96. The average Bonchev–Trinajstić information content (AvgIpc) is 2.98. The van der Waals surface area contributed by atoms with Gasteiger partial charge in [-0.15, -0.1) is 24.8 Å². The topological polar surface area (TPSA) is 69.0 Å². The molecule has 2 rings (SSSR count). The molecule has 0 atom stereocenters. The van der Waals surface area contributed by atoms with Crippen molar-refractivity contribution < 1.29 is 4.79 Å². The number of carbonyl (C=O) groups excluding carboxylic acids is 1. The van der Waals surface area contributed by atoms with Crippen molar-refractivity contribution in [1.82, 2.24) is 20.9 Å². The van der Waals surface area contributed by atoms with Gasteiger partial charge >= 0.3 is 0 Å². The summed E-state index contributed by atoms with van der Waals surface area (Å²) in [4.78, 5) is 15.5. The Balaban J connectivity index is 0.00000264. The highest BCUT2D eigenvalue weighted by molar-refractivity contribution is 5.96.